The maximum absolute atomic E-state index is 10.9. The van der Waals surface area contributed by atoms with Crippen molar-refractivity contribution in [2.45, 2.75) is 6.61 Å². The molecular formula is C17H13NO3. The Morgan fingerprint density at radius 3 is 2.48 bits per heavy atom. The number of aliphatic carboxylic acids is 1. The van der Waals surface area contributed by atoms with E-state index in [9.17, 15) is 4.79 Å². The lowest BCUT2D eigenvalue weighted by Gasteiger charge is -2.09. The van der Waals surface area contributed by atoms with Crippen molar-refractivity contribution < 1.29 is 14.6 Å². The molecule has 2 rings (SSSR count). The summed E-state index contributed by atoms with van der Waals surface area (Å²) in [4.78, 5) is 10.9. The highest BCUT2D eigenvalue weighted by Gasteiger charge is 2.08. The fourth-order valence-electron chi connectivity index (χ4n) is 1.76. The van der Waals surface area contributed by atoms with E-state index in [1.165, 1.54) is 6.08 Å². The second kappa shape index (κ2) is 6.92. The predicted molar refractivity (Wildman–Crippen MR) is 78.4 cm³/mol. The quantitative estimate of drug-likeness (QED) is 0.673. The van der Waals surface area contributed by atoms with Crippen molar-refractivity contribution in [3.8, 4) is 11.8 Å². The van der Waals surface area contributed by atoms with E-state index >= 15 is 0 Å². The second-order valence-electron chi connectivity index (χ2n) is 4.29. The van der Waals surface area contributed by atoms with Crippen LogP contribution in [0, 0.1) is 11.3 Å². The molecule has 4 heteroatoms. The van der Waals surface area contributed by atoms with E-state index in [0.717, 1.165) is 5.56 Å². The summed E-state index contributed by atoms with van der Waals surface area (Å²) >= 11 is 0. The monoisotopic (exact) mass is 279 g/mol. The molecule has 0 bridgehead atoms. The Kier molecular flexibility index (Phi) is 4.73. The van der Waals surface area contributed by atoms with Gasteiger partial charge in [-0.3, -0.25) is 0 Å². The fraction of sp³-hybridized carbons (Fsp3) is 0.0588. The molecule has 0 spiro atoms. The van der Waals surface area contributed by atoms with Gasteiger partial charge in [0.2, 0.25) is 0 Å². The molecule has 0 saturated heterocycles. The minimum Gasteiger partial charge on any atom is -0.488 e. The zero-order valence-electron chi connectivity index (χ0n) is 11.2. The summed E-state index contributed by atoms with van der Waals surface area (Å²) in [5.41, 5.74) is 1.24. The molecule has 0 aliphatic rings. The Labute approximate surface area is 122 Å². The Hall–Kier alpha value is -3.06. The molecule has 0 aliphatic heterocycles. The van der Waals surface area contributed by atoms with Crippen LogP contribution in [0.15, 0.2) is 60.2 Å². The van der Waals surface area contributed by atoms with Gasteiger partial charge in [0.15, 0.2) is 0 Å². The van der Waals surface area contributed by atoms with Crippen LogP contribution in [0.2, 0.25) is 0 Å². The van der Waals surface area contributed by atoms with Gasteiger partial charge in [-0.2, -0.15) is 5.26 Å². The largest absolute Gasteiger partial charge is 0.488 e. The summed E-state index contributed by atoms with van der Waals surface area (Å²) in [6, 6.07) is 18.3. The van der Waals surface area contributed by atoms with E-state index < -0.39 is 5.97 Å². The zero-order valence-corrected chi connectivity index (χ0v) is 11.2. The number of nitrogens with zero attached hydrogens (tertiary/aromatic N) is 1. The first kappa shape index (κ1) is 14.4. The number of hydrogen-bond acceptors (Lipinski definition) is 3. The van der Waals surface area contributed by atoms with Crippen LogP contribution >= 0.6 is 0 Å². The van der Waals surface area contributed by atoms with Gasteiger partial charge in [0.1, 0.15) is 24.0 Å². The molecular weight excluding hydrogens is 266 g/mol. The zero-order chi connectivity index (χ0) is 15.1. The minimum absolute atomic E-state index is 0.328. The molecule has 0 radical (unpaired) electrons. The number of hydrogen-bond donors (Lipinski definition) is 1. The summed E-state index contributed by atoms with van der Waals surface area (Å²) in [5, 5.41) is 17.7. The van der Waals surface area contributed by atoms with Crippen LogP contribution in [-0.2, 0) is 11.4 Å². The summed E-state index contributed by atoms with van der Waals surface area (Å²) < 4.78 is 5.70. The smallest absolute Gasteiger partial charge is 0.346 e. The summed E-state index contributed by atoms with van der Waals surface area (Å²) in [7, 11) is 0. The molecule has 0 saturated carbocycles. The van der Waals surface area contributed by atoms with Crippen LogP contribution in [0.5, 0.6) is 5.75 Å². The number of carboxylic acids is 1. The van der Waals surface area contributed by atoms with Gasteiger partial charge in [-0.25, -0.2) is 4.79 Å². The average molecular weight is 279 g/mol. The lowest BCUT2D eigenvalue weighted by atomic mass is 10.1. The average Bonchev–Trinajstić information content (AvgIpc) is 2.52. The molecule has 2 aromatic carbocycles. The lowest BCUT2D eigenvalue weighted by Crippen LogP contribution is -1.99. The van der Waals surface area contributed by atoms with Gasteiger partial charge >= 0.3 is 5.97 Å². The number of nitriles is 1. The number of para-hydroxylation sites is 1. The van der Waals surface area contributed by atoms with E-state index in [1.54, 1.807) is 30.3 Å². The summed E-state index contributed by atoms with van der Waals surface area (Å²) in [6.45, 7) is 0.376. The normalized spacial score (nSPS) is 10.7. The minimum atomic E-state index is -1.25. The number of carboxylic acid groups (broad SMARTS) is 1. The summed E-state index contributed by atoms with van der Waals surface area (Å²) in [5.74, 6) is -0.717. The standard InChI is InChI=1S/C17H13NO3/c18-11-15(17(19)20)10-14-8-4-5-9-16(14)21-12-13-6-2-1-3-7-13/h1-10H,12H2,(H,19,20)/b15-10+. The van der Waals surface area contributed by atoms with E-state index in [-0.39, 0.29) is 5.57 Å². The molecule has 0 aromatic heterocycles. The Bertz CT molecular complexity index is 699. The molecule has 1 N–H and O–H groups in total. The van der Waals surface area contributed by atoms with E-state index in [0.29, 0.717) is 17.9 Å². The highest BCUT2D eigenvalue weighted by Crippen LogP contribution is 2.22. The van der Waals surface area contributed by atoms with Gasteiger partial charge in [0, 0.05) is 5.56 Å². The van der Waals surface area contributed by atoms with Crippen molar-refractivity contribution in [3.63, 3.8) is 0 Å². The third-order valence-corrected chi connectivity index (χ3v) is 2.81. The lowest BCUT2D eigenvalue weighted by molar-refractivity contribution is -0.132. The predicted octanol–water partition coefficient (Wildman–Crippen LogP) is 3.26. The first-order chi connectivity index (χ1) is 10.2. The van der Waals surface area contributed by atoms with Gasteiger partial charge in [-0.15, -0.1) is 0 Å². The summed E-state index contributed by atoms with van der Waals surface area (Å²) in [6.07, 6.45) is 1.31. The van der Waals surface area contributed by atoms with Crippen molar-refractivity contribution in [1.82, 2.24) is 0 Å². The number of ether oxygens (including phenoxy) is 1. The molecule has 0 unspecified atom stereocenters. The van der Waals surface area contributed by atoms with Crippen LogP contribution in [0.3, 0.4) is 0 Å². The SMILES string of the molecule is N#C/C(=C\c1ccccc1OCc1ccccc1)C(=O)O. The molecule has 2 aromatic rings. The molecule has 0 atom stereocenters. The van der Waals surface area contributed by atoms with Crippen molar-refractivity contribution in [1.29, 1.82) is 5.26 Å². The van der Waals surface area contributed by atoms with Gasteiger partial charge < -0.3 is 9.84 Å². The highest BCUT2D eigenvalue weighted by atomic mass is 16.5. The third kappa shape index (κ3) is 3.95. The van der Waals surface area contributed by atoms with Crippen LogP contribution in [0.4, 0.5) is 0 Å². The third-order valence-electron chi connectivity index (χ3n) is 2.81. The van der Waals surface area contributed by atoms with Gasteiger partial charge in [-0.1, -0.05) is 48.5 Å². The maximum atomic E-state index is 10.9. The Morgan fingerprint density at radius 1 is 1.14 bits per heavy atom. The van der Waals surface area contributed by atoms with Gasteiger partial charge in [0.25, 0.3) is 0 Å². The van der Waals surface area contributed by atoms with Crippen molar-refractivity contribution in [2.75, 3.05) is 0 Å². The number of rotatable bonds is 5. The van der Waals surface area contributed by atoms with Crippen molar-refractivity contribution in [3.05, 3.63) is 71.3 Å². The fourth-order valence-corrected chi connectivity index (χ4v) is 1.76. The van der Waals surface area contributed by atoms with Crippen molar-refractivity contribution >= 4 is 12.0 Å². The topological polar surface area (TPSA) is 70.3 Å². The molecule has 4 nitrogen and oxygen atoms in total. The molecule has 0 amide bonds. The molecule has 0 fully saturated rings. The van der Waals surface area contributed by atoms with E-state index in [2.05, 4.69) is 0 Å². The number of carbonyl (C=O) groups is 1. The highest BCUT2D eigenvalue weighted by molar-refractivity contribution is 5.96. The van der Waals surface area contributed by atoms with E-state index in [1.807, 2.05) is 30.3 Å². The molecule has 0 heterocycles. The first-order valence-corrected chi connectivity index (χ1v) is 6.31. The Morgan fingerprint density at radius 2 is 1.81 bits per heavy atom. The van der Waals surface area contributed by atoms with Crippen LogP contribution < -0.4 is 4.74 Å². The van der Waals surface area contributed by atoms with E-state index in [4.69, 9.17) is 15.1 Å². The van der Waals surface area contributed by atoms with Crippen LogP contribution in [0.25, 0.3) is 6.08 Å². The maximum Gasteiger partial charge on any atom is 0.346 e. The van der Waals surface area contributed by atoms with Gasteiger partial charge in [-0.05, 0) is 17.7 Å². The number of benzene rings is 2. The van der Waals surface area contributed by atoms with Gasteiger partial charge in [0.05, 0.1) is 0 Å². The molecule has 21 heavy (non-hydrogen) atoms. The second-order valence-corrected chi connectivity index (χ2v) is 4.29. The molecule has 104 valence electrons. The molecule has 0 aliphatic carbocycles. The van der Waals surface area contributed by atoms with Crippen LogP contribution in [0.1, 0.15) is 11.1 Å². The first-order valence-electron chi connectivity index (χ1n) is 6.31. The Balaban J connectivity index is 2.22. The van der Waals surface area contributed by atoms with Crippen molar-refractivity contribution in [2.24, 2.45) is 0 Å². The van der Waals surface area contributed by atoms with Crippen LogP contribution in [-0.4, -0.2) is 11.1 Å².